The van der Waals surface area contributed by atoms with E-state index in [1.165, 1.54) is 11.3 Å². The maximum absolute atomic E-state index is 13.3. The highest BCUT2D eigenvalue weighted by molar-refractivity contribution is 5.94. The zero-order valence-corrected chi connectivity index (χ0v) is 20.5. The van der Waals surface area contributed by atoms with Gasteiger partial charge in [0.2, 0.25) is 0 Å². The van der Waals surface area contributed by atoms with E-state index in [9.17, 15) is 4.79 Å². The van der Waals surface area contributed by atoms with Crippen LogP contribution in [0.1, 0.15) is 46.9 Å². The number of likely N-dealkylation sites (tertiary alicyclic amines) is 1. The average Bonchev–Trinajstić information content (AvgIpc) is 3.34. The van der Waals surface area contributed by atoms with E-state index in [2.05, 4.69) is 67.0 Å². The number of aromatic nitrogens is 1. The van der Waals surface area contributed by atoms with Crippen molar-refractivity contribution in [1.29, 1.82) is 0 Å². The van der Waals surface area contributed by atoms with Crippen molar-refractivity contribution < 1.29 is 14.3 Å². The molecule has 2 aliphatic rings. The third-order valence-electron chi connectivity index (χ3n) is 7.08. The molecule has 2 aliphatic heterocycles. The van der Waals surface area contributed by atoms with Crippen LogP contribution in [-0.4, -0.2) is 54.6 Å². The van der Waals surface area contributed by atoms with Gasteiger partial charge in [0.1, 0.15) is 11.5 Å². The van der Waals surface area contributed by atoms with Crippen LogP contribution in [0, 0.1) is 0 Å². The molecule has 0 saturated carbocycles. The monoisotopic (exact) mass is 459 g/mol. The Bertz CT molecular complexity index is 1210. The van der Waals surface area contributed by atoms with E-state index in [1.807, 2.05) is 23.1 Å². The first-order valence-electron chi connectivity index (χ1n) is 12.0. The Labute approximate surface area is 201 Å². The summed E-state index contributed by atoms with van der Waals surface area (Å²) in [5.41, 5.74) is 4.84. The molecule has 0 aliphatic carbocycles. The summed E-state index contributed by atoms with van der Waals surface area (Å²) >= 11 is 0. The van der Waals surface area contributed by atoms with E-state index in [0.29, 0.717) is 18.7 Å². The molecule has 1 spiro atoms. The number of fused-ring (bicyclic) bond motifs is 4. The van der Waals surface area contributed by atoms with Crippen LogP contribution in [0.2, 0.25) is 0 Å². The minimum Gasteiger partial charge on any atom is -0.496 e. The Balaban J connectivity index is 1.38. The molecule has 0 unspecified atom stereocenters. The van der Waals surface area contributed by atoms with Crippen LogP contribution in [0.5, 0.6) is 11.5 Å². The van der Waals surface area contributed by atoms with Gasteiger partial charge in [-0.25, -0.2) is 0 Å². The molecule has 34 heavy (non-hydrogen) atoms. The molecule has 178 valence electrons. The first kappa shape index (κ1) is 22.5. The molecular formula is C28H33N3O3. The molecule has 5 rings (SSSR count). The minimum absolute atomic E-state index is 0.0515. The summed E-state index contributed by atoms with van der Waals surface area (Å²) in [4.78, 5) is 17.4. The van der Waals surface area contributed by atoms with Crippen LogP contribution >= 0.6 is 0 Å². The summed E-state index contributed by atoms with van der Waals surface area (Å²) in [6.07, 6.45) is 4.50. The van der Waals surface area contributed by atoms with Crippen LogP contribution in [0.3, 0.4) is 0 Å². The molecule has 3 aromatic rings. The number of nitrogens with zero attached hydrogens (tertiary/aromatic N) is 3. The fourth-order valence-corrected chi connectivity index (χ4v) is 5.31. The van der Waals surface area contributed by atoms with Crippen molar-refractivity contribution in [2.75, 3.05) is 34.3 Å². The van der Waals surface area contributed by atoms with E-state index < -0.39 is 5.60 Å². The van der Waals surface area contributed by atoms with Crippen LogP contribution in [0.25, 0.3) is 5.69 Å². The lowest BCUT2D eigenvalue weighted by Crippen LogP contribution is -2.50. The van der Waals surface area contributed by atoms with Crippen molar-refractivity contribution in [2.24, 2.45) is 0 Å². The smallest absolute Gasteiger partial charge is 0.253 e. The number of benzene rings is 2. The number of rotatable bonds is 5. The summed E-state index contributed by atoms with van der Waals surface area (Å²) in [6.45, 7) is 4.25. The molecule has 0 bridgehead atoms. The average molecular weight is 460 g/mol. The lowest BCUT2D eigenvalue weighted by molar-refractivity contribution is -0.00938. The second-order valence-corrected chi connectivity index (χ2v) is 9.57. The van der Waals surface area contributed by atoms with Crippen LogP contribution in [-0.2, 0) is 18.6 Å². The van der Waals surface area contributed by atoms with E-state index in [0.717, 1.165) is 48.6 Å². The van der Waals surface area contributed by atoms with Gasteiger partial charge in [-0.3, -0.25) is 4.79 Å². The maximum atomic E-state index is 13.3. The Morgan fingerprint density at radius 2 is 1.91 bits per heavy atom. The SMILES string of the molecule is CCc1ccc(C(=O)N2CCC3(CC2)Oc2cc(CN(C)C)ccc2-n2cccc23)cc1OC. The Hall–Kier alpha value is -3.25. The number of ether oxygens (including phenoxy) is 2. The number of piperidine rings is 1. The van der Waals surface area contributed by atoms with Crippen molar-refractivity contribution in [1.82, 2.24) is 14.4 Å². The normalized spacial score (nSPS) is 16.2. The van der Waals surface area contributed by atoms with E-state index in [1.54, 1.807) is 7.11 Å². The van der Waals surface area contributed by atoms with Crippen LogP contribution in [0.15, 0.2) is 54.7 Å². The third-order valence-corrected chi connectivity index (χ3v) is 7.08. The summed E-state index contributed by atoms with van der Waals surface area (Å²) in [7, 11) is 5.80. The van der Waals surface area contributed by atoms with Gasteiger partial charge >= 0.3 is 0 Å². The summed E-state index contributed by atoms with van der Waals surface area (Å²) in [5, 5.41) is 0. The molecule has 0 atom stereocenters. The predicted octanol–water partition coefficient (Wildman–Crippen LogP) is 4.63. The molecule has 6 heteroatoms. The molecule has 1 aromatic heterocycles. The highest BCUT2D eigenvalue weighted by Gasteiger charge is 2.44. The molecule has 3 heterocycles. The standard InChI is InChI=1S/C28H33N3O3/c1-5-21-9-10-22(18-24(21)33-4)27(32)30-15-12-28(13-16-30)26-7-6-14-31(26)23-11-8-20(19-29(2)3)17-25(23)34-28/h6-11,14,17-18H,5,12-13,15-16,19H2,1-4H3. The molecule has 1 amide bonds. The molecule has 1 saturated heterocycles. The van der Waals surface area contributed by atoms with Gasteiger partial charge in [0.25, 0.3) is 5.91 Å². The summed E-state index contributed by atoms with van der Waals surface area (Å²) in [6, 6.07) is 16.5. The molecule has 0 radical (unpaired) electrons. The molecular weight excluding hydrogens is 426 g/mol. The number of carbonyl (C=O) groups is 1. The van der Waals surface area contributed by atoms with Gasteiger partial charge in [0, 0.05) is 44.2 Å². The minimum atomic E-state index is -0.423. The van der Waals surface area contributed by atoms with Crippen molar-refractivity contribution in [3.05, 3.63) is 77.1 Å². The van der Waals surface area contributed by atoms with Crippen molar-refractivity contribution in [3.63, 3.8) is 0 Å². The Morgan fingerprint density at radius 1 is 1.12 bits per heavy atom. The first-order valence-corrected chi connectivity index (χ1v) is 12.0. The van der Waals surface area contributed by atoms with Gasteiger partial charge in [-0.1, -0.05) is 19.1 Å². The van der Waals surface area contributed by atoms with Crippen molar-refractivity contribution in [3.8, 4) is 17.2 Å². The van der Waals surface area contributed by atoms with Gasteiger partial charge in [-0.15, -0.1) is 0 Å². The number of hydrogen-bond donors (Lipinski definition) is 0. The van der Waals surface area contributed by atoms with Crippen LogP contribution in [0.4, 0.5) is 0 Å². The Morgan fingerprint density at radius 3 is 2.62 bits per heavy atom. The largest absolute Gasteiger partial charge is 0.496 e. The van der Waals surface area contributed by atoms with Gasteiger partial charge < -0.3 is 23.8 Å². The first-order chi connectivity index (χ1) is 16.4. The zero-order valence-electron chi connectivity index (χ0n) is 20.5. The number of aryl methyl sites for hydroxylation is 1. The van der Waals surface area contributed by atoms with E-state index >= 15 is 0 Å². The zero-order chi connectivity index (χ0) is 23.9. The fourth-order valence-electron chi connectivity index (χ4n) is 5.31. The number of amides is 1. The van der Waals surface area contributed by atoms with Crippen molar-refractivity contribution >= 4 is 5.91 Å². The topological polar surface area (TPSA) is 46.9 Å². The number of methoxy groups -OCH3 is 1. The highest BCUT2D eigenvalue weighted by Crippen LogP contribution is 2.45. The summed E-state index contributed by atoms with van der Waals surface area (Å²) < 4.78 is 14.5. The third kappa shape index (κ3) is 3.86. The van der Waals surface area contributed by atoms with Gasteiger partial charge in [0.05, 0.1) is 18.5 Å². The fraction of sp³-hybridized carbons (Fsp3) is 0.393. The van der Waals surface area contributed by atoms with Gasteiger partial charge in [0.15, 0.2) is 5.60 Å². The summed E-state index contributed by atoms with van der Waals surface area (Å²) in [5.74, 6) is 1.75. The molecule has 6 nitrogen and oxygen atoms in total. The Kier molecular flexibility index (Phi) is 5.86. The lowest BCUT2D eigenvalue weighted by Gasteiger charge is -2.45. The lowest BCUT2D eigenvalue weighted by atomic mass is 9.86. The van der Waals surface area contributed by atoms with Crippen molar-refractivity contribution in [2.45, 2.75) is 38.3 Å². The molecule has 1 fully saturated rings. The maximum Gasteiger partial charge on any atom is 0.253 e. The number of carbonyl (C=O) groups excluding carboxylic acids is 1. The van der Waals surface area contributed by atoms with E-state index in [4.69, 9.17) is 9.47 Å². The predicted molar refractivity (Wildman–Crippen MR) is 133 cm³/mol. The molecule has 2 aromatic carbocycles. The van der Waals surface area contributed by atoms with Gasteiger partial charge in [-0.2, -0.15) is 0 Å². The highest BCUT2D eigenvalue weighted by atomic mass is 16.5. The second-order valence-electron chi connectivity index (χ2n) is 9.57. The second kappa shape index (κ2) is 8.84. The van der Waals surface area contributed by atoms with Crippen LogP contribution < -0.4 is 9.47 Å². The molecule has 0 N–H and O–H groups in total. The van der Waals surface area contributed by atoms with Gasteiger partial charge in [-0.05, 0) is 68.0 Å². The number of hydrogen-bond acceptors (Lipinski definition) is 4. The quantitative estimate of drug-likeness (QED) is 0.558. The van der Waals surface area contributed by atoms with E-state index in [-0.39, 0.29) is 5.91 Å².